The smallest absolute Gasteiger partial charge is 0.259 e. The van der Waals surface area contributed by atoms with Crippen LogP contribution in [0.2, 0.25) is 0 Å². The first kappa shape index (κ1) is 17.2. The number of benzene rings is 1. The van der Waals surface area contributed by atoms with E-state index < -0.39 is 0 Å². The van der Waals surface area contributed by atoms with Gasteiger partial charge in [0, 0.05) is 30.5 Å². The largest absolute Gasteiger partial charge is 0.358 e. The number of rotatable bonds is 3. The summed E-state index contributed by atoms with van der Waals surface area (Å²) >= 11 is 1.45. The van der Waals surface area contributed by atoms with Crippen molar-refractivity contribution in [3.05, 3.63) is 53.1 Å². The van der Waals surface area contributed by atoms with Crippen LogP contribution in [-0.2, 0) is 19.9 Å². The molecule has 0 bridgehead atoms. The molecule has 0 radical (unpaired) electrons. The number of para-hydroxylation sites is 1. The van der Waals surface area contributed by atoms with Gasteiger partial charge < -0.3 is 9.55 Å². The zero-order chi connectivity index (χ0) is 19.3. The molecule has 7 heteroatoms. The number of imidazole rings is 1. The Morgan fingerprint density at radius 3 is 2.96 bits per heavy atom. The SMILES string of the molecule is Cc1nc(NC(=O)c2cccc3c4c([nH]c23)CCCC4)sc1-c1nccn1C. The zero-order valence-corrected chi connectivity index (χ0v) is 16.7. The van der Waals surface area contributed by atoms with Crippen molar-refractivity contribution in [2.45, 2.75) is 32.6 Å². The van der Waals surface area contributed by atoms with Crippen LogP contribution in [0, 0.1) is 6.92 Å². The topological polar surface area (TPSA) is 75.6 Å². The van der Waals surface area contributed by atoms with E-state index in [9.17, 15) is 4.79 Å². The van der Waals surface area contributed by atoms with E-state index in [4.69, 9.17) is 0 Å². The minimum Gasteiger partial charge on any atom is -0.358 e. The normalized spacial score (nSPS) is 13.6. The number of thiazole rings is 1. The third-order valence-electron chi connectivity index (χ3n) is 5.42. The molecule has 3 heterocycles. The molecule has 4 aromatic rings. The average molecular weight is 392 g/mol. The predicted molar refractivity (Wildman–Crippen MR) is 112 cm³/mol. The Morgan fingerprint density at radius 2 is 2.14 bits per heavy atom. The van der Waals surface area contributed by atoms with Crippen LogP contribution >= 0.6 is 11.3 Å². The number of fused-ring (bicyclic) bond motifs is 3. The van der Waals surface area contributed by atoms with E-state index >= 15 is 0 Å². The van der Waals surface area contributed by atoms with Gasteiger partial charge in [-0.25, -0.2) is 9.97 Å². The summed E-state index contributed by atoms with van der Waals surface area (Å²) < 4.78 is 1.95. The standard InChI is InChI=1S/C21H21N5OS/c1-12-18(19-22-10-11-26(19)2)28-21(23-12)25-20(27)15-8-5-7-14-13-6-3-4-9-16(13)24-17(14)15/h5,7-8,10-11,24H,3-4,6,9H2,1-2H3,(H,23,25,27). The summed E-state index contributed by atoms with van der Waals surface area (Å²) in [6.07, 6.45) is 8.23. The van der Waals surface area contributed by atoms with Crippen molar-refractivity contribution in [3.8, 4) is 10.7 Å². The Morgan fingerprint density at radius 1 is 1.29 bits per heavy atom. The molecule has 2 N–H and O–H groups in total. The van der Waals surface area contributed by atoms with Crippen LogP contribution in [-0.4, -0.2) is 25.4 Å². The molecule has 0 aliphatic heterocycles. The summed E-state index contributed by atoms with van der Waals surface area (Å²) in [5.41, 5.74) is 5.12. The third kappa shape index (κ3) is 2.74. The number of hydrogen-bond acceptors (Lipinski definition) is 4. The van der Waals surface area contributed by atoms with Crippen LogP contribution < -0.4 is 5.32 Å². The van der Waals surface area contributed by atoms with Gasteiger partial charge in [-0.15, -0.1) is 0 Å². The number of carbonyl (C=O) groups is 1. The van der Waals surface area contributed by atoms with Gasteiger partial charge in [-0.3, -0.25) is 10.1 Å². The van der Waals surface area contributed by atoms with Crippen LogP contribution in [0.15, 0.2) is 30.6 Å². The fourth-order valence-corrected chi connectivity index (χ4v) is 5.03. The van der Waals surface area contributed by atoms with Gasteiger partial charge in [0.15, 0.2) is 11.0 Å². The van der Waals surface area contributed by atoms with Gasteiger partial charge in [0.25, 0.3) is 5.91 Å². The maximum absolute atomic E-state index is 13.0. The molecule has 1 amide bonds. The number of anilines is 1. The molecule has 0 fully saturated rings. The van der Waals surface area contributed by atoms with E-state index in [-0.39, 0.29) is 5.91 Å². The van der Waals surface area contributed by atoms with Gasteiger partial charge in [0.1, 0.15) is 0 Å². The molecule has 0 saturated heterocycles. The lowest BCUT2D eigenvalue weighted by Gasteiger charge is -2.10. The van der Waals surface area contributed by atoms with E-state index in [0.29, 0.717) is 10.7 Å². The second kappa shape index (κ2) is 6.60. The van der Waals surface area contributed by atoms with Crippen molar-refractivity contribution in [3.63, 3.8) is 0 Å². The fourth-order valence-electron chi connectivity index (χ4n) is 4.03. The number of amides is 1. The van der Waals surface area contributed by atoms with Crippen molar-refractivity contribution >= 4 is 33.3 Å². The monoisotopic (exact) mass is 391 g/mol. The lowest BCUT2D eigenvalue weighted by molar-refractivity contribution is 0.102. The maximum atomic E-state index is 13.0. The minimum atomic E-state index is -0.135. The number of carbonyl (C=O) groups excluding carboxylic acids is 1. The molecular weight excluding hydrogens is 370 g/mol. The number of aromatic nitrogens is 4. The predicted octanol–water partition coefficient (Wildman–Crippen LogP) is 4.46. The van der Waals surface area contributed by atoms with Crippen LogP contribution in [0.1, 0.15) is 40.2 Å². The van der Waals surface area contributed by atoms with E-state index in [2.05, 4.69) is 26.3 Å². The van der Waals surface area contributed by atoms with E-state index in [1.54, 1.807) is 6.20 Å². The molecule has 1 aliphatic rings. The Bertz CT molecular complexity index is 1200. The Balaban J connectivity index is 1.48. The highest BCUT2D eigenvalue weighted by molar-refractivity contribution is 7.19. The fraction of sp³-hybridized carbons (Fsp3) is 0.286. The first-order valence-electron chi connectivity index (χ1n) is 9.50. The van der Waals surface area contributed by atoms with Gasteiger partial charge in [-0.2, -0.15) is 0 Å². The number of hydrogen-bond donors (Lipinski definition) is 2. The van der Waals surface area contributed by atoms with Crippen LogP contribution in [0.25, 0.3) is 21.6 Å². The van der Waals surface area contributed by atoms with Crippen LogP contribution in [0.4, 0.5) is 5.13 Å². The second-order valence-electron chi connectivity index (χ2n) is 7.27. The maximum Gasteiger partial charge on any atom is 0.259 e. The number of aromatic amines is 1. The van der Waals surface area contributed by atoms with Crippen molar-refractivity contribution in [1.82, 2.24) is 19.5 Å². The van der Waals surface area contributed by atoms with Crippen molar-refractivity contribution in [2.24, 2.45) is 7.05 Å². The first-order chi connectivity index (χ1) is 13.6. The highest BCUT2D eigenvalue weighted by Gasteiger charge is 2.21. The molecular formula is C21H21N5OS. The first-order valence-corrected chi connectivity index (χ1v) is 10.3. The molecule has 1 aromatic carbocycles. The highest BCUT2D eigenvalue weighted by Crippen LogP contribution is 2.33. The van der Waals surface area contributed by atoms with Gasteiger partial charge >= 0.3 is 0 Å². The Labute approximate surface area is 166 Å². The summed E-state index contributed by atoms with van der Waals surface area (Å²) in [6, 6.07) is 5.95. The summed E-state index contributed by atoms with van der Waals surface area (Å²) in [4.78, 5) is 26.4. The molecule has 1 aliphatic carbocycles. The summed E-state index contributed by atoms with van der Waals surface area (Å²) in [7, 11) is 1.95. The summed E-state index contributed by atoms with van der Waals surface area (Å²) in [5, 5.41) is 4.75. The number of nitrogens with one attached hydrogen (secondary N) is 2. The average Bonchev–Trinajstić information content (AvgIpc) is 3.37. The molecule has 28 heavy (non-hydrogen) atoms. The van der Waals surface area contributed by atoms with Crippen molar-refractivity contribution in [1.29, 1.82) is 0 Å². The zero-order valence-electron chi connectivity index (χ0n) is 15.9. The molecule has 142 valence electrons. The van der Waals surface area contributed by atoms with Crippen molar-refractivity contribution in [2.75, 3.05) is 5.32 Å². The lowest BCUT2D eigenvalue weighted by Crippen LogP contribution is -2.12. The van der Waals surface area contributed by atoms with E-state index in [0.717, 1.165) is 34.8 Å². The number of nitrogens with zero attached hydrogens (tertiary/aromatic N) is 3. The second-order valence-corrected chi connectivity index (χ2v) is 8.27. The quantitative estimate of drug-likeness (QED) is 0.541. The minimum absolute atomic E-state index is 0.135. The molecule has 0 unspecified atom stereocenters. The Kier molecular flexibility index (Phi) is 4.05. The van der Waals surface area contributed by atoms with Crippen molar-refractivity contribution < 1.29 is 4.79 Å². The van der Waals surface area contributed by atoms with E-state index in [1.807, 2.05) is 36.9 Å². The van der Waals surface area contributed by atoms with Gasteiger partial charge in [0.05, 0.1) is 21.7 Å². The summed E-state index contributed by atoms with van der Waals surface area (Å²) in [6.45, 7) is 1.94. The lowest BCUT2D eigenvalue weighted by atomic mass is 9.95. The van der Waals surface area contributed by atoms with E-state index in [1.165, 1.54) is 40.8 Å². The molecule has 6 nitrogen and oxygen atoms in total. The molecule has 0 spiro atoms. The van der Waals surface area contributed by atoms with Gasteiger partial charge in [-0.1, -0.05) is 23.5 Å². The van der Waals surface area contributed by atoms with Gasteiger partial charge in [-0.05, 0) is 44.2 Å². The third-order valence-corrected chi connectivity index (χ3v) is 6.49. The number of H-pyrrole nitrogens is 1. The highest BCUT2D eigenvalue weighted by atomic mass is 32.1. The van der Waals surface area contributed by atoms with Crippen LogP contribution in [0.5, 0.6) is 0 Å². The molecule has 3 aromatic heterocycles. The molecule has 0 atom stereocenters. The number of aryl methyl sites for hydroxylation is 4. The summed E-state index contributed by atoms with van der Waals surface area (Å²) in [5.74, 6) is 0.721. The Hall–Kier alpha value is -2.93. The molecule has 5 rings (SSSR count). The molecule has 0 saturated carbocycles. The van der Waals surface area contributed by atoms with Gasteiger partial charge in [0.2, 0.25) is 0 Å². The van der Waals surface area contributed by atoms with Crippen LogP contribution in [0.3, 0.4) is 0 Å².